The van der Waals surface area contributed by atoms with E-state index in [-0.39, 0.29) is 17.4 Å². The van der Waals surface area contributed by atoms with Crippen LogP contribution in [0.1, 0.15) is 17.5 Å². The lowest BCUT2D eigenvalue weighted by Crippen LogP contribution is -2.15. The minimum Gasteiger partial charge on any atom is -0.507 e. The summed E-state index contributed by atoms with van der Waals surface area (Å²) < 4.78 is 1.94. The number of rotatable bonds is 9. The van der Waals surface area contributed by atoms with Crippen LogP contribution >= 0.6 is 23.1 Å². The SMILES string of the molecule is CCc1nnc(NC(=O)CSc2nnc(-c3ccccc3O)n2CCc2ccccc2)s1. The van der Waals surface area contributed by atoms with Gasteiger partial charge >= 0.3 is 0 Å². The van der Waals surface area contributed by atoms with Gasteiger partial charge in [-0.15, -0.1) is 20.4 Å². The number of hydrogen-bond acceptors (Lipinski definition) is 8. The first-order valence-electron chi connectivity index (χ1n) is 10.1. The molecule has 0 fully saturated rings. The molecule has 2 N–H and O–H groups in total. The van der Waals surface area contributed by atoms with Crippen LogP contribution < -0.4 is 5.32 Å². The monoisotopic (exact) mass is 466 g/mol. The summed E-state index contributed by atoms with van der Waals surface area (Å²) in [7, 11) is 0. The van der Waals surface area contributed by atoms with E-state index in [1.54, 1.807) is 18.2 Å². The molecule has 0 atom stereocenters. The number of thioether (sulfide) groups is 1. The molecule has 4 rings (SSSR count). The molecule has 2 aromatic carbocycles. The zero-order valence-corrected chi connectivity index (χ0v) is 19.1. The van der Waals surface area contributed by atoms with E-state index in [1.165, 1.54) is 28.7 Å². The van der Waals surface area contributed by atoms with Crippen molar-refractivity contribution in [2.75, 3.05) is 11.1 Å². The molecule has 0 spiro atoms. The van der Waals surface area contributed by atoms with E-state index in [0.717, 1.165) is 17.8 Å². The minimum absolute atomic E-state index is 0.137. The number of para-hydroxylation sites is 1. The molecule has 10 heteroatoms. The van der Waals surface area contributed by atoms with Gasteiger partial charge in [0.05, 0.1) is 11.3 Å². The fourth-order valence-corrected chi connectivity index (χ4v) is 4.54. The standard InChI is InChI=1S/C22H22N6O2S2/c1-2-19-24-26-21(32-19)23-18(30)14-31-22-27-25-20(16-10-6-7-11-17(16)29)28(22)13-12-15-8-4-3-5-9-15/h3-11,29H,2,12-14H2,1H3,(H,23,26,30). The van der Waals surface area contributed by atoms with Gasteiger partial charge in [0.15, 0.2) is 11.0 Å². The minimum atomic E-state index is -0.185. The number of aromatic hydroxyl groups is 1. The number of phenolic OH excluding ortho intramolecular Hbond substituents is 1. The van der Waals surface area contributed by atoms with Crippen molar-refractivity contribution in [2.45, 2.75) is 31.5 Å². The van der Waals surface area contributed by atoms with Crippen molar-refractivity contribution in [3.63, 3.8) is 0 Å². The molecule has 0 bridgehead atoms. The van der Waals surface area contributed by atoms with Gasteiger partial charge in [-0.3, -0.25) is 10.1 Å². The Bertz CT molecular complexity index is 1190. The Labute approximate surface area is 193 Å². The fraction of sp³-hybridized carbons (Fsp3) is 0.227. The van der Waals surface area contributed by atoms with Gasteiger partial charge in [-0.25, -0.2) is 0 Å². The van der Waals surface area contributed by atoms with Crippen LogP contribution in [-0.2, 0) is 24.2 Å². The number of nitrogens with zero attached hydrogens (tertiary/aromatic N) is 5. The van der Waals surface area contributed by atoms with E-state index in [0.29, 0.717) is 28.2 Å². The molecule has 0 saturated carbocycles. The van der Waals surface area contributed by atoms with Crippen molar-refractivity contribution in [1.82, 2.24) is 25.0 Å². The zero-order chi connectivity index (χ0) is 22.3. The second-order valence-electron chi connectivity index (χ2n) is 6.90. The third-order valence-electron chi connectivity index (χ3n) is 4.68. The molecule has 0 aliphatic rings. The van der Waals surface area contributed by atoms with Crippen molar-refractivity contribution >= 4 is 34.1 Å². The van der Waals surface area contributed by atoms with Crippen molar-refractivity contribution < 1.29 is 9.90 Å². The van der Waals surface area contributed by atoms with Gasteiger partial charge in [0.25, 0.3) is 0 Å². The molecule has 2 heterocycles. The zero-order valence-electron chi connectivity index (χ0n) is 17.4. The number of carbonyl (C=O) groups excluding carboxylic acids is 1. The number of carbonyl (C=O) groups is 1. The summed E-state index contributed by atoms with van der Waals surface area (Å²) in [5, 5.41) is 31.7. The summed E-state index contributed by atoms with van der Waals surface area (Å²) in [5.74, 6) is 0.679. The maximum Gasteiger partial charge on any atom is 0.236 e. The van der Waals surface area contributed by atoms with Crippen LogP contribution in [0.3, 0.4) is 0 Å². The van der Waals surface area contributed by atoms with Gasteiger partial charge in [-0.05, 0) is 30.5 Å². The van der Waals surface area contributed by atoms with Gasteiger partial charge in [0.1, 0.15) is 10.8 Å². The number of aryl methyl sites for hydroxylation is 2. The van der Waals surface area contributed by atoms with E-state index in [4.69, 9.17) is 0 Å². The highest BCUT2D eigenvalue weighted by Crippen LogP contribution is 2.30. The summed E-state index contributed by atoms with van der Waals surface area (Å²) in [6.45, 7) is 2.60. The Kier molecular flexibility index (Phi) is 7.13. The number of anilines is 1. The van der Waals surface area contributed by atoms with E-state index in [9.17, 15) is 9.90 Å². The molecule has 0 aliphatic carbocycles. The highest BCUT2D eigenvalue weighted by molar-refractivity contribution is 7.99. The Morgan fingerprint density at radius 3 is 2.59 bits per heavy atom. The molecule has 8 nitrogen and oxygen atoms in total. The molecule has 164 valence electrons. The number of nitrogens with one attached hydrogen (secondary N) is 1. The molecule has 0 radical (unpaired) electrons. The van der Waals surface area contributed by atoms with Crippen LogP contribution in [0.5, 0.6) is 5.75 Å². The average Bonchev–Trinajstić information content (AvgIpc) is 3.44. The third-order valence-corrected chi connectivity index (χ3v) is 6.63. The Morgan fingerprint density at radius 2 is 1.84 bits per heavy atom. The summed E-state index contributed by atoms with van der Waals surface area (Å²) in [5.41, 5.74) is 1.78. The van der Waals surface area contributed by atoms with Crippen molar-refractivity contribution in [2.24, 2.45) is 0 Å². The summed E-state index contributed by atoms with van der Waals surface area (Å²) >= 11 is 2.67. The van der Waals surface area contributed by atoms with Crippen molar-refractivity contribution in [1.29, 1.82) is 0 Å². The van der Waals surface area contributed by atoms with Crippen LogP contribution in [0.25, 0.3) is 11.4 Å². The number of phenols is 1. The van der Waals surface area contributed by atoms with E-state index in [2.05, 4.69) is 37.8 Å². The van der Waals surface area contributed by atoms with Crippen molar-refractivity contribution in [3.8, 4) is 17.1 Å². The van der Waals surface area contributed by atoms with E-state index >= 15 is 0 Å². The maximum atomic E-state index is 12.4. The lowest BCUT2D eigenvalue weighted by Gasteiger charge is -2.11. The first kappa shape index (κ1) is 22.0. The highest BCUT2D eigenvalue weighted by Gasteiger charge is 2.18. The van der Waals surface area contributed by atoms with Crippen molar-refractivity contribution in [3.05, 3.63) is 65.2 Å². The van der Waals surface area contributed by atoms with Gasteiger partial charge in [-0.1, -0.05) is 72.5 Å². The van der Waals surface area contributed by atoms with Crippen LogP contribution in [0.4, 0.5) is 5.13 Å². The van der Waals surface area contributed by atoms with Gasteiger partial charge in [0.2, 0.25) is 11.0 Å². The predicted octanol–water partition coefficient (Wildman–Crippen LogP) is 4.04. The molecule has 1 amide bonds. The Morgan fingerprint density at radius 1 is 1.06 bits per heavy atom. The smallest absolute Gasteiger partial charge is 0.236 e. The molecule has 0 unspecified atom stereocenters. The summed E-state index contributed by atoms with van der Waals surface area (Å²) in [6, 6.07) is 17.2. The van der Waals surface area contributed by atoms with Gasteiger partial charge in [-0.2, -0.15) is 0 Å². The molecule has 2 aromatic heterocycles. The molecular weight excluding hydrogens is 444 g/mol. The molecular formula is C22H22N6O2S2. The molecule has 4 aromatic rings. The lowest BCUT2D eigenvalue weighted by atomic mass is 10.1. The predicted molar refractivity (Wildman–Crippen MR) is 126 cm³/mol. The normalized spacial score (nSPS) is 10.9. The van der Waals surface area contributed by atoms with Crippen LogP contribution in [-0.4, -0.2) is 41.7 Å². The van der Waals surface area contributed by atoms with Gasteiger partial charge < -0.3 is 9.67 Å². The molecule has 0 saturated heterocycles. The van der Waals surface area contributed by atoms with Gasteiger partial charge in [0, 0.05) is 6.54 Å². The average molecular weight is 467 g/mol. The fourth-order valence-electron chi connectivity index (χ4n) is 3.08. The second kappa shape index (κ2) is 10.4. The number of amides is 1. The summed E-state index contributed by atoms with van der Waals surface area (Å²) in [6.07, 6.45) is 1.55. The number of benzene rings is 2. The summed E-state index contributed by atoms with van der Waals surface area (Å²) in [4.78, 5) is 12.4. The van der Waals surface area contributed by atoms with Crippen LogP contribution in [0, 0.1) is 0 Å². The van der Waals surface area contributed by atoms with E-state index in [1.807, 2.05) is 35.8 Å². The maximum absolute atomic E-state index is 12.4. The van der Waals surface area contributed by atoms with E-state index < -0.39 is 0 Å². The second-order valence-corrected chi connectivity index (χ2v) is 8.91. The third kappa shape index (κ3) is 5.32. The lowest BCUT2D eigenvalue weighted by molar-refractivity contribution is -0.113. The van der Waals surface area contributed by atoms with Crippen LogP contribution in [0.15, 0.2) is 59.8 Å². The number of hydrogen-bond donors (Lipinski definition) is 2. The number of aromatic nitrogens is 5. The van der Waals surface area contributed by atoms with Crippen LogP contribution in [0.2, 0.25) is 0 Å². The first-order chi connectivity index (χ1) is 15.6. The topological polar surface area (TPSA) is 106 Å². The largest absolute Gasteiger partial charge is 0.507 e. The Hall–Kier alpha value is -3.24. The highest BCUT2D eigenvalue weighted by atomic mass is 32.2. The first-order valence-corrected chi connectivity index (χ1v) is 11.9. The Balaban J connectivity index is 1.51. The molecule has 0 aliphatic heterocycles. The quantitative estimate of drug-likeness (QED) is 0.359. The molecule has 32 heavy (non-hydrogen) atoms.